The molecule has 1 unspecified atom stereocenters. The molecule has 0 spiro atoms. The average Bonchev–Trinajstić information content (AvgIpc) is 3.47. The number of ether oxygens (including phenoxy) is 3. The van der Waals surface area contributed by atoms with Gasteiger partial charge in [0.25, 0.3) is 0 Å². The summed E-state index contributed by atoms with van der Waals surface area (Å²) < 4.78 is 17.0. The van der Waals surface area contributed by atoms with Crippen molar-refractivity contribution in [3.8, 4) is 0 Å². The predicted molar refractivity (Wildman–Crippen MR) is 358 cm³/mol. The van der Waals surface area contributed by atoms with Crippen molar-refractivity contribution >= 4 is 17.9 Å². The molecule has 0 radical (unpaired) electrons. The van der Waals surface area contributed by atoms with Gasteiger partial charge in [-0.05, 0) is 116 Å². The smallest absolute Gasteiger partial charge is 0.306 e. The van der Waals surface area contributed by atoms with Crippen LogP contribution in [0.1, 0.15) is 374 Å². The van der Waals surface area contributed by atoms with E-state index >= 15 is 0 Å². The first-order chi connectivity index (χ1) is 40.5. The second-order valence-electron chi connectivity index (χ2n) is 24.1. The Morgan fingerprint density at radius 1 is 0.244 bits per heavy atom. The molecule has 0 aliphatic carbocycles. The molecule has 6 heteroatoms. The lowest BCUT2D eigenvalue weighted by Crippen LogP contribution is -2.30. The van der Waals surface area contributed by atoms with Gasteiger partial charge in [0.15, 0.2) is 6.10 Å². The summed E-state index contributed by atoms with van der Waals surface area (Å²) in [5, 5.41) is 0. The minimum atomic E-state index is -0.782. The van der Waals surface area contributed by atoms with Gasteiger partial charge >= 0.3 is 17.9 Å². The molecule has 82 heavy (non-hydrogen) atoms. The molecule has 6 nitrogen and oxygen atoms in total. The highest BCUT2D eigenvalue weighted by atomic mass is 16.6. The van der Waals surface area contributed by atoms with Gasteiger partial charge in [0, 0.05) is 19.3 Å². The maximum Gasteiger partial charge on any atom is 0.306 e. The van der Waals surface area contributed by atoms with E-state index in [2.05, 4.69) is 93.7 Å². The molecule has 0 aliphatic rings. The minimum absolute atomic E-state index is 0.0770. The number of unbranched alkanes of at least 4 members (excludes halogenated alkanes) is 43. The van der Waals surface area contributed by atoms with Gasteiger partial charge in [-0.15, -0.1) is 0 Å². The summed E-state index contributed by atoms with van der Waals surface area (Å²) in [4.78, 5) is 38.5. The molecule has 0 aromatic carbocycles. The molecule has 0 rings (SSSR count). The molecule has 0 saturated carbocycles. The molecule has 0 aliphatic heterocycles. The molecule has 0 saturated heterocycles. The molecular formula is C76H136O6. The van der Waals surface area contributed by atoms with Crippen molar-refractivity contribution in [3.05, 3.63) is 72.9 Å². The van der Waals surface area contributed by atoms with Gasteiger partial charge in [0.1, 0.15) is 13.2 Å². The number of hydrogen-bond donors (Lipinski definition) is 0. The summed E-state index contributed by atoms with van der Waals surface area (Å²) in [6, 6.07) is 0. The Hall–Kier alpha value is -3.15. The van der Waals surface area contributed by atoms with E-state index in [0.29, 0.717) is 19.3 Å². The first kappa shape index (κ1) is 78.8. The number of rotatable bonds is 66. The van der Waals surface area contributed by atoms with Gasteiger partial charge < -0.3 is 14.2 Å². The van der Waals surface area contributed by atoms with Crippen LogP contribution in [0.2, 0.25) is 0 Å². The summed E-state index contributed by atoms with van der Waals surface area (Å²) in [6.07, 6.45) is 92.0. The van der Waals surface area contributed by atoms with E-state index < -0.39 is 6.10 Å². The SMILES string of the molecule is CCCCC/C=C\C/C=C\CCCCCCCCCCCC(=O)OC(COC(=O)CCCCCCCCC/C=C\CCCCCCCCC)COC(=O)CCCCCCCCCCCCCC/C=C\C/C=C\C/C=C\CCCCCCC. The molecule has 0 N–H and O–H groups in total. The van der Waals surface area contributed by atoms with Crippen molar-refractivity contribution in [2.75, 3.05) is 13.2 Å². The number of esters is 3. The maximum absolute atomic E-state index is 13.0. The monoisotopic (exact) mass is 1150 g/mol. The first-order valence-electron chi connectivity index (χ1n) is 35.9. The lowest BCUT2D eigenvalue weighted by molar-refractivity contribution is -0.167. The highest BCUT2D eigenvalue weighted by Crippen LogP contribution is 2.17. The van der Waals surface area contributed by atoms with Crippen LogP contribution < -0.4 is 0 Å². The third-order valence-electron chi connectivity index (χ3n) is 15.9. The second-order valence-corrected chi connectivity index (χ2v) is 24.1. The third-order valence-corrected chi connectivity index (χ3v) is 15.9. The van der Waals surface area contributed by atoms with Gasteiger partial charge in [0.2, 0.25) is 0 Å². The summed E-state index contributed by atoms with van der Waals surface area (Å²) in [6.45, 7) is 6.65. The number of carbonyl (C=O) groups is 3. The summed E-state index contributed by atoms with van der Waals surface area (Å²) >= 11 is 0. The number of hydrogen-bond acceptors (Lipinski definition) is 6. The molecular weight excluding hydrogens is 1010 g/mol. The van der Waals surface area contributed by atoms with Crippen molar-refractivity contribution < 1.29 is 28.6 Å². The number of allylic oxidation sites excluding steroid dienone is 12. The van der Waals surface area contributed by atoms with Crippen LogP contribution in [0.4, 0.5) is 0 Å². The van der Waals surface area contributed by atoms with Crippen molar-refractivity contribution in [1.29, 1.82) is 0 Å². The first-order valence-corrected chi connectivity index (χ1v) is 35.9. The van der Waals surface area contributed by atoms with Crippen LogP contribution in [0.3, 0.4) is 0 Å². The zero-order chi connectivity index (χ0) is 59.2. The zero-order valence-corrected chi connectivity index (χ0v) is 54.8. The summed E-state index contributed by atoms with van der Waals surface area (Å²) in [7, 11) is 0. The molecule has 1 atom stereocenters. The van der Waals surface area contributed by atoms with Crippen LogP contribution in [0, 0.1) is 0 Å². The van der Waals surface area contributed by atoms with Crippen molar-refractivity contribution in [2.45, 2.75) is 380 Å². The zero-order valence-electron chi connectivity index (χ0n) is 54.8. The van der Waals surface area contributed by atoms with E-state index in [0.717, 1.165) is 77.0 Å². The molecule has 476 valence electrons. The molecule has 0 bridgehead atoms. The van der Waals surface area contributed by atoms with Crippen LogP contribution in [0.5, 0.6) is 0 Å². The Kier molecular flexibility index (Phi) is 67.6. The predicted octanol–water partition coefficient (Wildman–Crippen LogP) is 24.8. The molecule has 0 fully saturated rings. The van der Waals surface area contributed by atoms with Gasteiger partial charge in [0.05, 0.1) is 0 Å². The van der Waals surface area contributed by atoms with Crippen LogP contribution in [0.15, 0.2) is 72.9 Å². The standard InChI is InChI=1S/C76H136O6/c1-4-7-10-13-16-19-22-25-28-31-34-35-36-37-38-39-40-41-43-45-48-51-54-57-60-63-66-69-75(78)81-72-73(71-80-74(77)68-65-62-59-56-53-50-47-44-33-30-27-24-21-18-15-12-9-6-3)82-76(79)70-67-64-61-58-55-52-49-46-42-32-29-26-23-20-17-14-11-8-5-2/h17,20,22,25-26,29-31,33-34,36-37,73H,4-16,18-19,21,23-24,27-28,32,35,38-72H2,1-3H3/b20-17-,25-22-,29-26-,33-30-,34-31-,37-36-. The lowest BCUT2D eigenvalue weighted by atomic mass is 10.0. The van der Waals surface area contributed by atoms with E-state index in [9.17, 15) is 14.4 Å². The average molecular weight is 1150 g/mol. The topological polar surface area (TPSA) is 78.9 Å². The maximum atomic E-state index is 13.0. The highest BCUT2D eigenvalue weighted by molar-refractivity contribution is 5.71. The third kappa shape index (κ3) is 67.6. The Bertz CT molecular complexity index is 1500. The number of carbonyl (C=O) groups excluding carboxylic acids is 3. The van der Waals surface area contributed by atoms with E-state index in [1.54, 1.807) is 0 Å². The lowest BCUT2D eigenvalue weighted by Gasteiger charge is -2.18. The Balaban J connectivity index is 4.32. The van der Waals surface area contributed by atoms with Gasteiger partial charge in [-0.1, -0.05) is 312 Å². The normalized spacial score (nSPS) is 12.5. The van der Waals surface area contributed by atoms with E-state index in [-0.39, 0.29) is 31.1 Å². The highest BCUT2D eigenvalue weighted by Gasteiger charge is 2.19. The second kappa shape index (κ2) is 70.3. The Labute approximate surface area is 510 Å². The molecule has 0 aromatic rings. The Morgan fingerprint density at radius 3 is 0.720 bits per heavy atom. The minimum Gasteiger partial charge on any atom is -0.462 e. The van der Waals surface area contributed by atoms with E-state index in [4.69, 9.17) is 14.2 Å². The molecule has 0 heterocycles. The van der Waals surface area contributed by atoms with Crippen LogP contribution in [-0.2, 0) is 28.6 Å². The van der Waals surface area contributed by atoms with E-state index in [1.807, 2.05) is 0 Å². The van der Waals surface area contributed by atoms with Crippen LogP contribution in [-0.4, -0.2) is 37.2 Å². The van der Waals surface area contributed by atoms with Gasteiger partial charge in [-0.2, -0.15) is 0 Å². The van der Waals surface area contributed by atoms with E-state index in [1.165, 1.54) is 257 Å². The molecule has 0 amide bonds. The fourth-order valence-electron chi connectivity index (χ4n) is 10.5. The van der Waals surface area contributed by atoms with Crippen molar-refractivity contribution in [2.24, 2.45) is 0 Å². The van der Waals surface area contributed by atoms with Crippen molar-refractivity contribution in [3.63, 3.8) is 0 Å². The van der Waals surface area contributed by atoms with Gasteiger partial charge in [-0.3, -0.25) is 14.4 Å². The summed E-state index contributed by atoms with van der Waals surface area (Å²) in [5.41, 5.74) is 0. The quantitative estimate of drug-likeness (QED) is 0.0261. The fraction of sp³-hybridized carbons (Fsp3) is 0.803. The fourth-order valence-corrected chi connectivity index (χ4v) is 10.5. The van der Waals surface area contributed by atoms with Crippen molar-refractivity contribution in [1.82, 2.24) is 0 Å². The largest absolute Gasteiger partial charge is 0.462 e. The van der Waals surface area contributed by atoms with Crippen LogP contribution in [0.25, 0.3) is 0 Å². The Morgan fingerprint density at radius 2 is 0.439 bits per heavy atom. The molecule has 0 aromatic heterocycles. The van der Waals surface area contributed by atoms with Crippen LogP contribution >= 0.6 is 0 Å². The summed E-state index contributed by atoms with van der Waals surface area (Å²) in [5.74, 6) is -0.866. The van der Waals surface area contributed by atoms with Gasteiger partial charge in [-0.25, -0.2) is 0 Å².